The fourth-order valence-electron chi connectivity index (χ4n) is 1.88. The van der Waals surface area contributed by atoms with Crippen molar-refractivity contribution in [3.05, 3.63) is 65.0 Å². The zero-order chi connectivity index (χ0) is 19.4. The number of anilines is 1. The molecule has 0 aromatic heterocycles. The fraction of sp³-hybridized carbons (Fsp3) is 0.125. The van der Waals surface area contributed by atoms with Crippen molar-refractivity contribution < 1.29 is 31.5 Å². The summed E-state index contributed by atoms with van der Waals surface area (Å²) in [5.41, 5.74) is 2.25. The van der Waals surface area contributed by atoms with E-state index in [1.165, 1.54) is 19.1 Å². The summed E-state index contributed by atoms with van der Waals surface area (Å²) < 4.78 is 66.1. The van der Waals surface area contributed by atoms with Crippen LogP contribution in [0.3, 0.4) is 0 Å². The Morgan fingerprint density at radius 1 is 0.846 bits per heavy atom. The molecular formula is C16H12F5N3O2. The molecule has 5 nitrogen and oxygen atoms in total. The maximum atomic E-state index is 13.5. The summed E-state index contributed by atoms with van der Waals surface area (Å²) in [6.45, 7) is 1.26. The molecule has 0 bridgehead atoms. The quantitative estimate of drug-likeness (QED) is 0.327. The van der Waals surface area contributed by atoms with Crippen LogP contribution in [0, 0.1) is 29.1 Å². The van der Waals surface area contributed by atoms with Gasteiger partial charge in [-0.1, -0.05) is 18.2 Å². The molecule has 2 aromatic rings. The Labute approximate surface area is 144 Å². The number of carbonyl (C=O) groups is 2. The summed E-state index contributed by atoms with van der Waals surface area (Å²) >= 11 is 0. The molecule has 26 heavy (non-hydrogen) atoms. The van der Waals surface area contributed by atoms with Gasteiger partial charge in [-0.2, -0.15) is 0 Å². The van der Waals surface area contributed by atoms with Gasteiger partial charge in [0.2, 0.25) is 5.82 Å². The van der Waals surface area contributed by atoms with E-state index in [1.807, 2.05) is 0 Å². The van der Waals surface area contributed by atoms with Crippen LogP contribution in [0.25, 0.3) is 0 Å². The number of benzene rings is 2. The number of hydrogen-bond donors (Lipinski definition) is 3. The van der Waals surface area contributed by atoms with Gasteiger partial charge in [0, 0.05) is 5.56 Å². The molecule has 1 atom stereocenters. The number of nitrogens with one attached hydrogen (secondary N) is 3. The van der Waals surface area contributed by atoms with Crippen molar-refractivity contribution in [2.45, 2.75) is 13.0 Å². The highest BCUT2D eigenvalue weighted by Gasteiger charge is 2.26. The first-order chi connectivity index (χ1) is 12.2. The first-order valence-electron chi connectivity index (χ1n) is 7.17. The monoisotopic (exact) mass is 373 g/mol. The van der Waals surface area contributed by atoms with Crippen LogP contribution in [0.4, 0.5) is 27.6 Å². The van der Waals surface area contributed by atoms with Crippen LogP contribution in [-0.4, -0.2) is 17.9 Å². The lowest BCUT2D eigenvalue weighted by atomic mass is 10.2. The van der Waals surface area contributed by atoms with Crippen LogP contribution in [0.1, 0.15) is 17.3 Å². The fourth-order valence-corrected chi connectivity index (χ4v) is 1.88. The smallest absolute Gasteiger partial charge is 0.260 e. The van der Waals surface area contributed by atoms with E-state index >= 15 is 0 Å². The summed E-state index contributed by atoms with van der Waals surface area (Å²) in [7, 11) is 0. The molecule has 0 aliphatic carbocycles. The van der Waals surface area contributed by atoms with Gasteiger partial charge in [0.05, 0.1) is 0 Å². The van der Waals surface area contributed by atoms with Crippen molar-refractivity contribution in [3.8, 4) is 0 Å². The Balaban J connectivity index is 2.04. The molecule has 0 aliphatic rings. The normalized spacial score (nSPS) is 11.6. The highest BCUT2D eigenvalue weighted by Crippen LogP contribution is 2.26. The molecule has 2 aromatic carbocycles. The maximum Gasteiger partial charge on any atom is 0.260 e. The Hall–Kier alpha value is -3.17. The number of carbonyl (C=O) groups excluding carboxylic acids is 2. The van der Waals surface area contributed by atoms with Crippen molar-refractivity contribution in [2.75, 3.05) is 5.43 Å². The third-order valence-electron chi connectivity index (χ3n) is 3.30. The Kier molecular flexibility index (Phi) is 5.75. The standard InChI is InChI=1S/C16H12F5N3O2/c1-7(22-16(26)8-5-3-2-4-6-8)15(25)24-23-14-12(20)10(18)9(17)11(19)13(14)21/h2-7,23H,1H3,(H,22,26)(H,24,25)/t7-/m1/s1. The second-order valence-electron chi connectivity index (χ2n) is 5.12. The topological polar surface area (TPSA) is 70.2 Å². The minimum atomic E-state index is -2.32. The minimum Gasteiger partial charge on any atom is -0.340 e. The molecule has 0 aliphatic heterocycles. The molecule has 0 heterocycles. The van der Waals surface area contributed by atoms with Gasteiger partial charge < -0.3 is 5.32 Å². The minimum absolute atomic E-state index is 0.264. The molecule has 0 saturated heterocycles. The third-order valence-corrected chi connectivity index (χ3v) is 3.30. The number of amides is 2. The summed E-state index contributed by atoms with van der Waals surface area (Å²) in [6.07, 6.45) is 0. The zero-order valence-corrected chi connectivity index (χ0v) is 13.2. The summed E-state index contributed by atoms with van der Waals surface area (Å²) in [4.78, 5) is 23.7. The average Bonchev–Trinajstić information content (AvgIpc) is 2.65. The average molecular weight is 373 g/mol. The van der Waals surface area contributed by atoms with Crippen LogP contribution in [0.5, 0.6) is 0 Å². The number of hydrazine groups is 1. The van der Waals surface area contributed by atoms with Gasteiger partial charge in [0.1, 0.15) is 11.7 Å². The molecule has 0 fully saturated rings. The van der Waals surface area contributed by atoms with E-state index in [9.17, 15) is 31.5 Å². The van der Waals surface area contributed by atoms with Crippen LogP contribution in [0.2, 0.25) is 0 Å². The van der Waals surface area contributed by atoms with E-state index < -0.39 is 52.6 Å². The summed E-state index contributed by atoms with van der Waals surface area (Å²) in [5, 5.41) is 2.31. The van der Waals surface area contributed by atoms with Crippen LogP contribution in [0.15, 0.2) is 30.3 Å². The van der Waals surface area contributed by atoms with Gasteiger partial charge in [-0.3, -0.25) is 20.4 Å². The van der Waals surface area contributed by atoms with E-state index in [0.717, 1.165) is 0 Å². The van der Waals surface area contributed by atoms with Crippen molar-refractivity contribution in [2.24, 2.45) is 0 Å². The predicted octanol–water partition coefficient (Wildman–Crippen LogP) is 2.64. The summed E-state index contributed by atoms with van der Waals surface area (Å²) in [5.74, 6) is -12.5. The number of hydrogen-bond acceptors (Lipinski definition) is 3. The molecule has 2 amide bonds. The number of rotatable bonds is 5. The molecular weight excluding hydrogens is 361 g/mol. The molecule has 0 spiro atoms. The van der Waals surface area contributed by atoms with E-state index in [-0.39, 0.29) is 5.56 Å². The molecule has 3 N–H and O–H groups in total. The van der Waals surface area contributed by atoms with Gasteiger partial charge in [0.25, 0.3) is 11.8 Å². The zero-order valence-electron chi connectivity index (χ0n) is 13.2. The van der Waals surface area contributed by atoms with Crippen molar-refractivity contribution >= 4 is 17.5 Å². The van der Waals surface area contributed by atoms with Gasteiger partial charge in [-0.15, -0.1) is 0 Å². The van der Waals surface area contributed by atoms with Crippen LogP contribution in [-0.2, 0) is 4.79 Å². The lowest BCUT2D eigenvalue weighted by molar-refractivity contribution is -0.122. The van der Waals surface area contributed by atoms with Crippen molar-refractivity contribution in [1.82, 2.24) is 10.7 Å². The first-order valence-corrected chi connectivity index (χ1v) is 7.17. The van der Waals surface area contributed by atoms with Gasteiger partial charge in [-0.25, -0.2) is 22.0 Å². The lowest BCUT2D eigenvalue weighted by Gasteiger charge is -2.16. The van der Waals surface area contributed by atoms with Gasteiger partial charge in [-0.05, 0) is 19.1 Å². The second-order valence-corrected chi connectivity index (χ2v) is 5.12. The largest absolute Gasteiger partial charge is 0.340 e. The Morgan fingerprint density at radius 3 is 1.88 bits per heavy atom. The third kappa shape index (κ3) is 3.90. The maximum absolute atomic E-state index is 13.5. The van der Waals surface area contributed by atoms with Gasteiger partial charge >= 0.3 is 0 Å². The second kappa shape index (κ2) is 7.81. The molecule has 0 unspecified atom stereocenters. The first kappa shape index (κ1) is 19.2. The van der Waals surface area contributed by atoms with Crippen LogP contribution >= 0.6 is 0 Å². The molecule has 0 radical (unpaired) electrons. The highest BCUT2D eigenvalue weighted by molar-refractivity contribution is 5.97. The lowest BCUT2D eigenvalue weighted by Crippen LogP contribution is -2.46. The number of halogens is 5. The van der Waals surface area contributed by atoms with Crippen molar-refractivity contribution in [3.63, 3.8) is 0 Å². The molecule has 2 rings (SSSR count). The summed E-state index contributed by atoms with van der Waals surface area (Å²) in [6, 6.07) is 6.70. The molecule has 10 heteroatoms. The molecule has 0 saturated carbocycles. The predicted molar refractivity (Wildman–Crippen MR) is 81.4 cm³/mol. The van der Waals surface area contributed by atoms with E-state index in [2.05, 4.69) is 5.32 Å². The van der Waals surface area contributed by atoms with E-state index in [0.29, 0.717) is 0 Å². The van der Waals surface area contributed by atoms with Crippen LogP contribution < -0.4 is 16.2 Å². The SMILES string of the molecule is C[C@@H](NC(=O)c1ccccc1)C(=O)NNc1c(F)c(F)c(F)c(F)c1F. The highest BCUT2D eigenvalue weighted by atomic mass is 19.2. The van der Waals surface area contributed by atoms with E-state index in [4.69, 9.17) is 0 Å². The van der Waals surface area contributed by atoms with E-state index in [1.54, 1.807) is 29.1 Å². The van der Waals surface area contributed by atoms with Gasteiger partial charge in [0.15, 0.2) is 23.3 Å². The Morgan fingerprint density at radius 2 is 1.35 bits per heavy atom. The van der Waals surface area contributed by atoms with Crippen molar-refractivity contribution in [1.29, 1.82) is 0 Å². The Bertz CT molecular complexity index is 817. The molecule has 138 valence electrons.